The van der Waals surface area contributed by atoms with E-state index >= 15 is 0 Å². The van der Waals surface area contributed by atoms with Gasteiger partial charge in [-0.2, -0.15) is 0 Å². The Labute approximate surface area is 119 Å². The SMILES string of the molecule is Cc1ccc(NC(=O)N2CC3CNCC3(CO)C2)cc1. The lowest BCUT2D eigenvalue weighted by molar-refractivity contribution is 0.127. The Bertz CT molecular complexity index is 502. The largest absolute Gasteiger partial charge is 0.396 e. The third kappa shape index (κ3) is 2.27. The molecule has 5 nitrogen and oxygen atoms in total. The molecule has 0 radical (unpaired) electrons. The van der Waals surface area contributed by atoms with Crippen LogP contribution in [0.3, 0.4) is 0 Å². The number of carbonyl (C=O) groups excluding carboxylic acids is 1. The molecule has 3 rings (SSSR count). The van der Waals surface area contributed by atoms with Crippen molar-refractivity contribution in [2.75, 3.05) is 38.1 Å². The smallest absolute Gasteiger partial charge is 0.321 e. The number of rotatable bonds is 2. The fourth-order valence-corrected chi connectivity index (χ4v) is 3.24. The number of aliphatic hydroxyl groups excluding tert-OH is 1. The minimum Gasteiger partial charge on any atom is -0.396 e. The quantitative estimate of drug-likeness (QED) is 0.755. The molecule has 2 heterocycles. The summed E-state index contributed by atoms with van der Waals surface area (Å²) in [7, 11) is 0. The van der Waals surface area contributed by atoms with Gasteiger partial charge in [-0.3, -0.25) is 0 Å². The average Bonchev–Trinajstić information content (AvgIpc) is 2.98. The normalized spacial score (nSPS) is 28.5. The van der Waals surface area contributed by atoms with Gasteiger partial charge in [0.05, 0.1) is 6.61 Å². The second-order valence-electron chi connectivity index (χ2n) is 6.03. The van der Waals surface area contributed by atoms with Crippen molar-refractivity contribution >= 4 is 11.7 Å². The number of carbonyl (C=O) groups is 1. The number of urea groups is 1. The summed E-state index contributed by atoms with van der Waals surface area (Å²) in [6, 6.07) is 7.71. The predicted octanol–water partition coefficient (Wildman–Crippen LogP) is 1.04. The number of aryl methyl sites for hydroxylation is 1. The van der Waals surface area contributed by atoms with Crippen molar-refractivity contribution in [3.8, 4) is 0 Å². The lowest BCUT2D eigenvalue weighted by atomic mass is 9.82. The number of aliphatic hydroxyl groups is 1. The highest BCUT2D eigenvalue weighted by Gasteiger charge is 2.50. The van der Waals surface area contributed by atoms with Crippen LogP contribution in [-0.2, 0) is 0 Å². The van der Waals surface area contributed by atoms with Crippen LogP contribution >= 0.6 is 0 Å². The van der Waals surface area contributed by atoms with Crippen molar-refractivity contribution in [1.29, 1.82) is 0 Å². The first-order valence-corrected chi connectivity index (χ1v) is 7.07. The Kier molecular flexibility index (Phi) is 3.40. The van der Waals surface area contributed by atoms with Crippen LogP contribution in [0, 0.1) is 18.3 Å². The Morgan fingerprint density at radius 2 is 2.25 bits per heavy atom. The highest BCUT2D eigenvalue weighted by atomic mass is 16.3. The van der Waals surface area contributed by atoms with Crippen LogP contribution in [0.4, 0.5) is 10.5 Å². The van der Waals surface area contributed by atoms with Crippen LogP contribution < -0.4 is 10.6 Å². The zero-order valence-corrected chi connectivity index (χ0v) is 11.7. The highest BCUT2D eigenvalue weighted by molar-refractivity contribution is 5.89. The van der Waals surface area contributed by atoms with Crippen LogP contribution in [-0.4, -0.2) is 48.8 Å². The highest BCUT2D eigenvalue weighted by Crippen LogP contribution is 2.38. The zero-order chi connectivity index (χ0) is 14.2. The van der Waals surface area contributed by atoms with Gasteiger partial charge < -0.3 is 20.6 Å². The van der Waals surface area contributed by atoms with Crippen molar-refractivity contribution in [2.45, 2.75) is 6.92 Å². The van der Waals surface area contributed by atoms with Gasteiger partial charge in [0, 0.05) is 37.3 Å². The summed E-state index contributed by atoms with van der Waals surface area (Å²) >= 11 is 0. The van der Waals surface area contributed by atoms with E-state index < -0.39 is 0 Å². The van der Waals surface area contributed by atoms with Crippen molar-refractivity contribution in [3.05, 3.63) is 29.8 Å². The number of nitrogens with zero attached hydrogens (tertiary/aromatic N) is 1. The van der Waals surface area contributed by atoms with Gasteiger partial charge in [-0.15, -0.1) is 0 Å². The monoisotopic (exact) mass is 275 g/mol. The first kappa shape index (κ1) is 13.4. The van der Waals surface area contributed by atoms with Gasteiger partial charge in [-0.25, -0.2) is 4.79 Å². The molecule has 2 fully saturated rings. The molecule has 0 saturated carbocycles. The minimum absolute atomic E-state index is 0.0731. The van der Waals surface area contributed by atoms with Gasteiger partial charge in [-0.1, -0.05) is 17.7 Å². The number of hydrogen-bond donors (Lipinski definition) is 3. The first-order chi connectivity index (χ1) is 9.63. The number of likely N-dealkylation sites (tertiary alicyclic amines) is 1. The molecule has 5 heteroatoms. The van der Waals surface area contributed by atoms with E-state index in [0.29, 0.717) is 19.0 Å². The standard InChI is InChI=1S/C15H21N3O2/c1-11-2-4-13(5-3-11)17-14(20)18-7-12-6-16-8-15(12,9-18)10-19/h2-5,12,16,19H,6-10H2,1H3,(H,17,20). The van der Waals surface area contributed by atoms with E-state index in [1.165, 1.54) is 5.56 Å². The summed E-state index contributed by atoms with van der Waals surface area (Å²) in [5.74, 6) is 0.358. The molecule has 1 aromatic carbocycles. The maximum absolute atomic E-state index is 12.3. The van der Waals surface area contributed by atoms with E-state index in [4.69, 9.17) is 0 Å². The molecular weight excluding hydrogens is 254 g/mol. The van der Waals surface area contributed by atoms with E-state index in [0.717, 1.165) is 18.8 Å². The maximum Gasteiger partial charge on any atom is 0.321 e. The number of hydrogen-bond acceptors (Lipinski definition) is 3. The van der Waals surface area contributed by atoms with Crippen LogP contribution in [0.5, 0.6) is 0 Å². The van der Waals surface area contributed by atoms with E-state index in [-0.39, 0.29) is 18.1 Å². The van der Waals surface area contributed by atoms with Crippen LogP contribution in [0.1, 0.15) is 5.56 Å². The summed E-state index contributed by atoms with van der Waals surface area (Å²) in [6.45, 7) is 5.17. The first-order valence-electron chi connectivity index (χ1n) is 7.07. The molecule has 2 amide bonds. The van der Waals surface area contributed by atoms with E-state index in [1.807, 2.05) is 36.1 Å². The summed E-state index contributed by atoms with van der Waals surface area (Å²) in [5.41, 5.74) is 1.84. The summed E-state index contributed by atoms with van der Waals surface area (Å²) in [4.78, 5) is 14.1. The van der Waals surface area contributed by atoms with Crippen molar-refractivity contribution in [1.82, 2.24) is 10.2 Å². The van der Waals surface area contributed by atoms with Crippen molar-refractivity contribution in [2.24, 2.45) is 11.3 Å². The van der Waals surface area contributed by atoms with Gasteiger partial charge >= 0.3 is 6.03 Å². The Morgan fingerprint density at radius 3 is 2.90 bits per heavy atom. The molecule has 2 saturated heterocycles. The average molecular weight is 275 g/mol. The van der Waals surface area contributed by atoms with Gasteiger partial charge in [0.1, 0.15) is 0 Å². The molecule has 2 aliphatic rings. The molecule has 0 bridgehead atoms. The molecule has 108 valence electrons. The van der Waals surface area contributed by atoms with Crippen LogP contribution in [0.15, 0.2) is 24.3 Å². The van der Waals surface area contributed by atoms with Gasteiger partial charge in [0.2, 0.25) is 0 Å². The lowest BCUT2D eigenvalue weighted by Gasteiger charge is -2.25. The fourth-order valence-electron chi connectivity index (χ4n) is 3.24. The Hall–Kier alpha value is -1.59. The lowest BCUT2D eigenvalue weighted by Crippen LogP contribution is -2.39. The molecule has 2 unspecified atom stereocenters. The van der Waals surface area contributed by atoms with E-state index in [2.05, 4.69) is 10.6 Å². The van der Waals surface area contributed by atoms with Crippen molar-refractivity contribution in [3.63, 3.8) is 0 Å². The molecule has 0 spiro atoms. The Morgan fingerprint density at radius 1 is 1.50 bits per heavy atom. The number of benzene rings is 1. The third-order valence-corrected chi connectivity index (χ3v) is 4.59. The maximum atomic E-state index is 12.3. The van der Waals surface area contributed by atoms with Crippen molar-refractivity contribution < 1.29 is 9.90 Å². The summed E-state index contributed by atoms with van der Waals surface area (Å²) < 4.78 is 0. The molecule has 2 aliphatic heterocycles. The Balaban J connectivity index is 1.66. The van der Waals surface area contributed by atoms with Crippen LogP contribution in [0.2, 0.25) is 0 Å². The second-order valence-corrected chi connectivity index (χ2v) is 6.03. The summed E-state index contributed by atoms with van der Waals surface area (Å²) in [6.07, 6.45) is 0. The number of amides is 2. The molecule has 0 aliphatic carbocycles. The van der Waals surface area contributed by atoms with E-state index in [1.54, 1.807) is 0 Å². The summed E-state index contributed by atoms with van der Waals surface area (Å²) in [5, 5.41) is 15.9. The van der Waals surface area contributed by atoms with E-state index in [9.17, 15) is 9.90 Å². The minimum atomic E-state index is -0.148. The molecule has 1 aromatic rings. The number of fused-ring (bicyclic) bond motifs is 1. The zero-order valence-electron chi connectivity index (χ0n) is 11.7. The third-order valence-electron chi connectivity index (χ3n) is 4.59. The van der Waals surface area contributed by atoms with Gasteiger partial charge in [0.15, 0.2) is 0 Å². The molecule has 20 heavy (non-hydrogen) atoms. The molecule has 3 N–H and O–H groups in total. The predicted molar refractivity (Wildman–Crippen MR) is 77.6 cm³/mol. The molecule has 0 aromatic heterocycles. The van der Waals surface area contributed by atoms with Gasteiger partial charge in [0.25, 0.3) is 0 Å². The number of anilines is 1. The topological polar surface area (TPSA) is 64.6 Å². The second kappa shape index (κ2) is 5.07. The molecule has 2 atom stereocenters. The van der Waals surface area contributed by atoms with Gasteiger partial charge in [-0.05, 0) is 25.0 Å². The molecular formula is C15H21N3O2. The number of nitrogens with one attached hydrogen (secondary N) is 2. The fraction of sp³-hybridized carbons (Fsp3) is 0.533. The van der Waals surface area contributed by atoms with Crippen LogP contribution in [0.25, 0.3) is 0 Å².